The lowest BCUT2D eigenvalue weighted by atomic mass is 9.93. The minimum atomic E-state index is -0.277. The molecule has 0 aromatic carbocycles. The van der Waals surface area contributed by atoms with Gasteiger partial charge in [0.2, 0.25) is 5.91 Å². The van der Waals surface area contributed by atoms with E-state index in [1.54, 1.807) is 0 Å². The maximum Gasteiger partial charge on any atom is 0.222 e. The van der Waals surface area contributed by atoms with Crippen LogP contribution in [0.25, 0.3) is 0 Å². The first-order chi connectivity index (χ1) is 7.63. The molecule has 4 nitrogen and oxygen atoms in total. The molecule has 0 aliphatic heterocycles. The lowest BCUT2D eigenvalue weighted by molar-refractivity contribution is -0.124. The van der Waals surface area contributed by atoms with Gasteiger partial charge < -0.3 is 15.8 Å². The summed E-state index contributed by atoms with van der Waals surface area (Å²) in [5, 5.41) is 3.46. The van der Waals surface area contributed by atoms with Crippen molar-refractivity contribution in [3.05, 3.63) is 0 Å². The number of hydrogen-bond donors (Lipinski definition) is 2. The van der Waals surface area contributed by atoms with Gasteiger partial charge in [-0.05, 0) is 32.2 Å². The highest BCUT2D eigenvalue weighted by Gasteiger charge is 2.21. The number of nitrogens with two attached hydrogens (primary N) is 1. The summed E-state index contributed by atoms with van der Waals surface area (Å²) in [4.78, 5) is 10.8. The minimum Gasteiger partial charge on any atom is -0.377 e. The maximum atomic E-state index is 10.8. The summed E-state index contributed by atoms with van der Waals surface area (Å²) >= 11 is 0. The van der Waals surface area contributed by atoms with Gasteiger partial charge in [-0.25, -0.2) is 0 Å². The molecule has 3 N–H and O–H groups in total. The van der Waals surface area contributed by atoms with Gasteiger partial charge in [0.05, 0.1) is 18.6 Å². The standard InChI is InChI=1S/C12H24N2O2/c1-3-14-10-4-6-11(7-5-10)16-8-9(2)12(13)15/h9-11,14H,3-8H2,1-2H3,(H2,13,15). The summed E-state index contributed by atoms with van der Waals surface area (Å²) in [6.45, 7) is 5.45. The third-order valence-corrected chi connectivity index (χ3v) is 3.23. The Morgan fingerprint density at radius 3 is 2.56 bits per heavy atom. The van der Waals surface area contributed by atoms with Crippen molar-refractivity contribution in [3.8, 4) is 0 Å². The van der Waals surface area contributed by atoms with Gasteiger partial charge in [0.15, 0.2) is 0 Å². The summed E-state index contributed by atoms with van der Waals surface area (Å²) < 4.78 is 5.70. The molecule has 0 aromatic rings. The van der Waals surface area contributed by atoms with Gasteiger partial charge in [0.1, 0.15) is 0 Å². The lowest BCUT2D eigenvalue weighted by Crippen LogP contribution is -2.36. The van der Waals surface area contributed by atoms with Gasteiger partial charge >= 0.3 is 0 Å². The highest BCUT2D eigenvalue weighted by Crippen LogP contribution is 2.21. The van der Waals surface area contributed by atoms with Crippen molar-refractivity contribution in [1.29, 1.82) is 0 Å². The fraction of sp³-hybridized carbons (Fsp3) is 0.917. The van der Waals surface area contributed by atoms with E-state index in [1.165, 1.54) is 12.8 Å². The average Bonchev–Trinajstić information content (AvgIpc) is 2.28. The molecular weight excluding hydrogens is 204 g/mol. The van der Waals surface area contributed by atoms with Crippen molar-refractivity contribution >= 4 is 5.91 Å². The summed E-state index contributed by atoms with van der Waals surface area (Å²) in [7, 11) is 0. The molecule has 0 radical (unpaired) electrons. The Hall–Kier alpha value is -0.610. The molecule has 0 heterocycles. The van der Waals surface area contributed by atoms with E-state index in [9.17, 15) is 4.79 Å². The van der Waals surface area contributed by atoms with Gasteiger partial charge in [0.25, 0.3) is 0 Å². The fourth-order valence-electron chi connectivity index (χ4n) is 2.08. The predicted molar refractivity (Wildman–Crippen MR) is 64.0 cm³/mol. The van der Waals surface area contributed by atoms with Crippen LogP contribution in [0.15, 0.2) is 0 Å². The summed E-state index contributed by atoms with van der Waals surface area (Å²) in [5.41, 5.74) is 5.18. The number of nitrogens with one attached hydrogen (secondary N) is 1. The SMILES string of the molecule is CCNC1CCC(OCC(C)C(N)=O)CC1. The number of primary amides is 1. The fourth-order valence-corrected chi connectivity index (χ4v) is 2.08. The number of amides is 1. The second kappa shape index (κ2) is 6.86. The van der Waals surface area contributed by atoms with Crippen LogP contribution in [-0.4, -0.2) is 31.2 Å². The van der Waals surface area contributed by atoms with Crippen molar-refractivity contribution in [2.24, 2.45) is 11.7 Å². The molecule has 1 unspecified atom stereocenters. The zero-order valence-corrected chi connectivity index (χ0v) is 10.4. The third-order valence-electron chi connectivity index (χ3n) is 3.23. The topological polar surface area (TPSA) is 64.3 Å². The smallest absolute Gasteiger partial charge is 0.222 e. The van der Waals surface area contributed by atoms with Crippen LogP contribution in [-0.2, 0) is 9.53 Å². The summed E-state index contributed by atoms with van der Waals surface area (Å²) in [6, 6.07) is 0.651. The van der Waals surface area contributed by atoms with Crippen LogP contribution in [0.4, 0.5) is 0 Å². The Labute approximate surface area is 97.9 Å². The van der Waals surface area contributed by atoms with Crippen LogP contribution in [0.2, 0.25) is 0 Å². The van der Waals surface area contributed by atoms with Crippen LogP contribution >= 0.6 is 0 Å². The zero-order valence-electron chi connectivity index (χ0n) is 10.4. The first-order valence-electron chi connectivity index (χ1n) is 6.27. The van der Waals surface area contributed by atoms with Crippen molar-refractivity contribution < 1.29 is 9.53 Å². The number of carbonyl (C=O) groups is 1. The highest BCUT2D eigenvalue weighted by atomic mass is 16.5. The second-order valence-electron chi connectivity index (χ2n) is 4.67. The van der Waals surface area contributed by atoms with Crippen LogP contribution in [0, 0.1) is 5.92 Å². The zero-order chi connectivity index (χ0) is 12.0. The highest BCUT2D eigenvalue weighted by molar-refractivity contribution is 5.76. The molecule has 1 fully saturated rings. The molecule has 0 saturated heterocycles. The Kier molecular flexibility index (Phi) is 5.77. The summed E-state index contributed by atoms with van der Waals surface area (Å²) in [5.74, 6) is -0.451. The first-order valence-corrected chi connectivity index (χ1v) is 6.27. The molecule has 1 amide bonds. The molecule has 0 spiro atoms. The second-order valence-corrected chi connectivity index (χ2v) is 4.67. The van der Waals surface area contributed by atoms with E-state index in [4.69, 9.17) is 10.5 Å². The number of rotatable bonds is 6. The lowest BCUT2D eigenvalue weighted by Gasteiger charge is -2.29. The number of ether oxygens (including phenoxy) is 1. The normalized spacial score (nSPS) is 27.6. The minimum absolute atomic E-state index is 0.175. The van der Waals surface area contributed by atoms with E-state index < -0.39 is 0 Å². The molecule has 1 rings (SSSR count). The predicted octanol–water partition coefficient (Wildman–Crippen LogP) is 1.05. The van der Waals surface area contributed by atoms with Crippen molar-refractivity contribution in [2.75, 3.05) is 13.2 Å². The molecule has 0 aromatic heterocycles. The third kappa shape index (κ3) is 4.49. The van der Waals surface area contributed by atoms with Crippen LogP contribution in [0.1, 0.15) is 39.5 Å². The van der Waals surface area contributed by atoms with Gasteiger partial charge in [-0.15, -0.1) is 0 Å². The molecule has 1 aliphatic rings. The molecule has 1 atom stereocenters. The van der Waals surface area contributed by atoms with Gasteiger partial charge in [0, 0.05) is 6.04 Å². The monoisotopic (exact) mass is 228 g/mol. The molecule has 4 heteroatoms. The molecule has 94 valence electrons. The molecule has 0 bridgehead atoms. The molecule has 16 heavy (non-hydrogen) atoms. The van der Waals surface area contributed by atoms with E-state index in [2.05, 4.69) is 12.2 Å². The maximum absolute atomic E-state index is 10.8. The largest absolute Gasteiger partial charge is 0.377 e. The molecule has 1 saturated carbocycles. The van der Waals surface area contributed by atoms with Crippen LogP contribution in [0.3, 0.4) is 0 Å². The average molecular weight is 228 g/mol. The Bertz CT molecular complexity index is 213. The quantitative estimate of drug-likeness (QED) is 0.714. The first kappa shape index (κ1) is 13.5. The van der Waals surface area contributed by atoms with E-state index >= 15 is 0 Å². The van der Waals surface area contributed by atoms with Crippen LogP contribution < -0.4 is 11.1 Å². The number of hydrogen-bond acceptors (Lipinski definition) is 3. The Morgan fingerprint density at radius 1 is 1.44 bits per heavy atom. The van der Waals surface area contributed by atoms with Gasteiger partial charge in [-0.2, -0.15) is 0 Å². The van der Waals surface area contributed by atoms with Crippen molar-refractivity contribution in [1.82, 2.24) is 5.32 Å². The van der Waals surface area contributed by atoms with Crippen molar-refractivity contribution in [2.45, 2.75) is 51.7 Å². The Morgan fingerprint density at radius 2 is 2.06 bits per heavy atom. The van der Waals surface area contributed by atoms with Gasteiger partial charge in [-0.1, -0.05) is 13.8 Å². The molecule has 1 aliphatic carbocycles. The van der Waals surface area contributed by atoms with Crippen molar-refractivity contribution in [3.63, 3.8) is 0 Å². The molecular formula is C12H24N2O2. The van der Waals surface area contributed by atoms with Gasteiger partial charge in [-0.3, -0.25) is 4.79 Å². The summed E-state index contributed by atoms with van der Waals surface area (Å²) in [6.07, 6.45) is 4.83. The number of carbonyl (C=O) groups excluding carboxylic acids is 1. The van der Waals surface area contributed by atoms with Crippen LogP contribution in [0.5, 0.6) is 0 Å². The van der Waals surface area contributed by atoms with E-state index in [-0.39, 0.29) is 11.8 Å². The van der Waals surface area contributed by atoms with E-state index in [0.29, 0.717) is 18.8 Å². The van der Waals surface area contributed by atoms with E-state index in [1.807, 2.05) is 6.92 Å². The Balaban J connectivity index is 2.14. The van der Waals surface area contributed by atoms with E-state index in [0.717, 1.165) is 19.4 Å².